The van der Waals surface area contributed by atoms with Crippen molar-refractivity contribution in [3.8, 4) is 0 Å². The molecule has 0 spiro atoms. The standard InChI is InChI=1S/C9H20N2O/c1-3-11(4-2)8-9-7-10-5-6-12-9/h9-10H,3-8H2,1-2H3. The number of nitrogens with one attached hydrogen (secondary N) is 1. The molecule has 72 valence electrons. The number of nitrogens with zero attached hydrogens (tertiary/aromatic N) is 1. The summed E-state index contributed by atoms with van der Waals surface area (Å²) in [4.78, 5) is 2.40. The molecule has 1 aliphatic rings. The first-order valence-electron chi connectivity index (χ1n) is 4.91. The second-order valence-corrected chi connectivity index (χ2v) is 3.18. The Balaban J connectivity index is 2.18. The first kappa shape index (κ1) is 9.96. The largest absolute Gasteiger partial charge is 0.374 e. The number of morpholine rings is 1. The van der Waals surface area contributed by atoms with E-state index in [2.05, 4.69) is 24.1 Å². The van der Waals surface area contributed by atoms with Gasteiger partial charge in [-0.3, -0.25) is 0 Å². The lowest BCUT2D eigenvalue weighted by Crippen LogP contribution is -2.45. The second kappa shape index (κ2) is 5.51. The van der Waals surface area contributed by atoms with E-state index < -0.39 is 0 Å². The summed E-state index contributed by atoms with van der Waals surface area (Å²) in [5, 5.41) is 3.34. The van der Waals surface area contributed by atoms with Crippen LogP contribution in [0.3, 0.4) is 0 Å². The van der Waals surface area contributed by atoms with Crippen molar-refractivity contribution in [2.75, 3.05) is 39.3 Å². The molecular formula is C9H20N2O. The van der Waals surface area contributed by atoms with Gasteiger partial charge in [0.05, 0.1) is 12.7 Å². The maximum absolute atomic E-state index is 5.61. The Morgan fingerprint density at radius 2 is 2.17 bits per heavy atom. The maximum atomic E-state index is 5.61. The molecule has 1 rings (SSSR count). The van der Waals surface area contributed by atoms with E-state index in [9.17, 15) is 0 Å². The molecule has 1 N–H and O–H groups in total. The molecule has 1 saturated heterocycles. The quantitative estimate of drug-likeness (QED) is 0.661. The summed E-state index contributed by atoms with van der Waals surface area (Å²) in [7, 11) is 0. The van der Waals surface area contributed by atoms with Gasteiger partial charge in [0.15, 0.2) is 0 Å². The van der Waals surface area contributed by atoms with E-state index in [1.54, 1.807) is 0 Å². The topological polar surface area (TPSA) is 24.5 Å². The SMILES string of the molecule is CCN(CC)CC1CNCCO1. The molecule has 1 atom stereocenters. The maximum Gasteiger partial charge on any atom is 0.0826 e. The number of hydrogen-bond donors (Lipinski definition) is 1. The summed E-state index contributed by atoms with van der Waals surface area (Å²) in [6.07, 6.45) is 0.402. The van der Waals surface area contributed by atoms with Crippen molar-refractivity contribution in [1.29, 1.82) is 0 Å². The lowest BCUT2D eigenvalue weighted by atomic mass is 10.3. The molecule has 0 aromatic heterocycles. The van der Waals surface area contributed by atoms with Crippen LogP contribution in [0.1, 0.15) is 13.8 Å². The van der Waals surface area contributed by atoms with Gasteiger partial charge in [0.25, 0.3) is 0 Å². The van der Waals surface area contributed by atoms with Gasteiger partial charge in [0.2, 0.25) is 0 Å². The summed E-state index contributed by atoms with van der Waals surface area (Å²) in [6.45, 7) is 10.6. The molecule has 1 aliphatic heterocycles. The lowest BCUT2D eigenvalue weighted by Gasteiger charge is -2.28. The highest BCUT2D eigenvalue weighted by Crippen LogP contribution is 1.99. The number of likely N-dealkylation sites (N-methyl/N-ethyl adjacent to an activating group) is 1. The molecule has 1 heterocycles. The zero-order valence-corrected chi connectivity index (χ0v) is 8.18. The molecule has 0 radical (unpaired) electrons. The molecule has 3 nitrogen and oxygen atoms in total. The average Bonchev–Trinajstić information content (AvgIpc) is 2.16. The van der Waals surface area contributed by atoms with E-state index in [1.165, 1.54) is 0 Å². The van der Waals surface area contributed by atoms with Gasteiger partial charge < -0.3 is 15.0 Å². The van der Waals surface area contributed by atoms with Gasteiger partial charge in [-0.15, -0.1) is 0 Å². The van der Waals surface area contributed by atoms with E-state index in [0.29, 0.717) is 6.10 Å². The van der Waals surface area contributed by atoms with E-state index in [0.717, 1.165) is 39.3 Å². The van der Waals surface area contributed by atoms with Crippen LogP contribution in [0.5, 0.6) is 0 Å². The monoisotopic (exact) mass is 172 g/mol. The van der Waals surface area contributed by atoms with Gasteiger partial charge in [-0.2, -0.15) is 0 Å². The predicted molar refractivity (Wildman–Crippen MR) is 50.4 cm³/mol. The van der Waals surface area contributed by atoms with Crippen LogP contribution in [0.15, 0.2) is 0 Å². The molecule has 0 aliphatic carbocycles. The van der Waals surface area contributed by atoms with Crippen LogP contribution in [0, 0.1) is 0 Å². The van der Waals surface area contributed by atoms with Crippen LogP contribution in [0.25, 0.3) is 0 Å². The molecule has 1 fully saturated rings. The Kier molecular flexibility index (Phi) is 4.58. The van der Waals surface area contributed by atoms with Crippen LogP contribution < -0.4 is 5.32 Å². The van der Waals surface area contributed by atoms with Gasteiger partial charge >= 0.3 is 0 Å². The van der Waals surface area contributed by atoms with Gasteiger partial charge in [0, 0.05) is 19.6 Å². The first-order chi connectivity index (χ1) is 5.86. The zero-order chi connectivity index (χ0) is 8.81. The van der Waals surface area contributed by atoms with Crippen LogP contribution in [0.4, 0.5) is 0 Å². The third kappa shape index (κ3) is 3.09. The van der Waals surface area contributed by atoms with Crippen molar-refractivity contribution in [1.82, 2.24) is 10.2 Å². The van der Waals surface area contributed by atoms with Crippen molar-refractivity contribution in [2.45, 2.75) is 20.0 Å². The highest BCUT2D eigenvalue weighted by molar-refractivity contribution is 4.70. The molecule has 0 bridgehead atoms. The Labute approximate surface area is 75.1 Å². The molecule has 3 heteroatoms. The lowest BCUT2D eigenvalue weighted by molar-refractivity contribution is 0.00735. The summed E-state index contributed by atoms with van der Waals surface area (Å²) in [5.41, 5.74) is 0. The van der Waals surface area contributed by atoms with E-state index in [1.807, 2.05) is 0 Å². The zero-order valence-electron chi connectivity index (χ0n) is 8.18. The van der Waals surface area contributed by atoms with E-state index >= 15 is 0 Å². The minimum absolute atomic E-state index is 0.402. The van der Waals surface area contributed by atoms with Crippen molar-refractivity contribution in [3.05, 3.63) is 0 Å². The molecule has 0 aromatic carbocycles. The highest BCUT2D eigenvalue weighted by Gasteiger charge is 2.15. The summed E-state index contributed by atoms with van der Waals surface area (Å²) < 4.78 is 5.61. The molecular weight excluding hydrogens is 152 g/mol. The third-order valence-corrected chi connectivity index (χ3v) is 2.36. The number of ether oxygens (including phenoxy) is 1. The normalized spacial score (nSPS) is 24.8. The van der Waals surface area contributed by atoms with E-state index in [-0.39, 0.29) is 0 Å². The van der Waals surface area contributed by atoms with Crippen molar-refractivity contribution >= 4 is 0 Å². The van der Waals surface area contributed by atoms with Crippen molar-refractivity contribution in [2.24, 2.45) is 0 Å². The second-order valence-electron chi connectivity index (χ2n) is 3.18. The Bertz CT molecular complexity index is 109. The molecule has 12 heavy (non-hydrogen) atoms. The third-order valence-electron chi connectivity index (χ3n) is 2.36. The number of rotatable bonds is 4. The van der Waals surface area contributed by atoms with Gasteiger partial charge in [0.1, 0.15) is 0 Å². The molecule has 1 unspecified atom stereocenters. The molecule has 0 amide bonds. The fraction of sp³-hybridized carbons (Fsp3) is 1.00. The van der Waals surface area contributed by atoms with Gasteiger partial charge in [-0.05, 0) is 13.1 Å². The van der Waals surface area contributed by atoms with Crippen LogP contribution in [-0.2, 0) is 4.74 Å². The van der Waals surface area contributed by atoms with Crippen molar-refractivity contribution < 1.29 is 4.74 Å². The fourth-order valence-corrected chi connectivity index (χ4v) is 1.51. The first-order valence-corrected chi connectivity index (χ1v) is 4.91. The van der Waals surface area contributed by atoms with Crippen molar-refractivity contribution in [3.63, 3.8) is 0 Å². The average molecular weight is 172 g/mol. The fourth-order valence-electron chi connectivity index (χ4n) is 1.51. The summed E-state index contributed by atoms with van der Waals surface area (Å²) in [6, 6.07) is 0. The predicted octanol–water partition coefficient (Wildman–Crippen LogP) is 0.317. The minimum Gasteiger partial charge on any atom is -0.374 e. The van der Waals surface area contributed by atoms with Crippen LogP contribution >= 0.6 is 0 Å². The van der Waals surface area contributed by atoms with Gasteiger partial charge in [-0.25, -0.2) is 0 Å². The van der Waals surface area contributed by atoms with Gasteiger partial charge in [-0.1, -0.05) is 13.8 Å². The highest BCUT2D eigenvalue weighted by atomic mass is 16.5. The smallest absolute Gasteiger partial charge is 0.0826 e. The Morgan fingerprint density at radius 3 is 2.67 bits per heavy atom. The van der Waals surface area contributed by atoms with Crippen LogP contribution in [0.2, 0.25) is 0 Å². The van der Waals surface area contributed by atoms with Crippen LogP contribution in [-0.4, -0.2) is 50.3 Å². The summed E-state index contributed by atoms with van der Waals surface area (Å²) >= 11 is 0. The van der Waals surface area contributed by atoms with E-state index in [4.69, 9.17) is 4.74 Å². The number of hydrogen-bond acceptors (Lipinski definition) is 3. The molecule has 0 aromatic rings. The summed E-state index contributed by atoms with van der Waals surface area (Å²) in [5.74, 6) is 0. The Morgan fingerprint density at radius 1 is 1.42 bits per heavy atom. The minimum atomic E-state index is 0.402. The molecule has 0 saturated carbocycles. The Hall–Kier alpha value is -0.120.